The predicted octanol–water partition coefficient (Wildman–Crippen LogP) is 1.23. The predicted molar refractivity (Wildman–Crippen MR) is 59.0 cm³/mol. The number of anilines is 1. The van der Waals surface area contributed by atoms with Gasteiger partial charge in [-0.2, -0.15) is 10.4 Å². The van der Waals surface area contributed by atoms with Crippen LogP contribution in [0.2, 0.25) is 0 Å². The molecule has 0 saturated carbocycles. The zero-order valence-electron chi connectivity index (χ0n) is 8.46. The summed E-state index contributed by atoms with van der Waals surface area (Å²) in [5.41, 5.74) is 7.30. The van der Waals surface area contributed by atoms with Crippen LogP contribution in [0, 0.1) is 11.3 Å². The molecule has 0 aliphatic carbocycles. The van der Waals surface area contributed by atoms with Gasteiger partial charge >= 0.3 is 0 Å². The summed E-state index contributed by atoms with van der Waals surface area (Å²) in [6.07, 6.45) is 1.81. The van der Waals surface area contributed by atoms with Gasteiger partial charge in [0.05, 0.1) is 24.4 Å². The van der Waals surface area contributed by atoms with Gasteiger partial charge in [-0.25, -0.2) is 4.68 Å². The number of nitriles is 1. The fraction of sp³-hybridized carbons (Fsp3) is 0.0909. The highest BCUT2D eigenvalue weighted by Gasteiger charge is 2.08. The SMILES string of the molecule is N#CCc1cnn(-c2ccc(O)cc2)c1N. The molecule has 16 heavy (non-hydrogen) atoms. The van der Waals surface area contributed by atoms with E-state index in [0.717, 1.165) is 5.69 Å². The van der Waals surface area contributed by atoms with Crippen molar-refractivity contribution < 1.29 is 5.11 Å². The molecule has 5 heteroatoms. The van der Waals surface area contributed by atoms with Gasteiger partial charge in [0.1, 0.15) is 11.6 Å². The molecule has 0 amide bonds. The molecule has 0 bridgehead atoms. The van der Waals surface area contributed by atoms with Crippen LogP contribution in [0.4, 0.5) is 5.82 Å². The van der Waals surface area contributed by atoms with Crippen molar-refractivity contribution in [1.82, 2.24) is 9.78 Å². The van der Waals surface area contributed by atoms with Crippen molar-refractivity contribution in [1.29, 1.82) is 5.26 Å². The summed E-state index contributed by atoms with van der Waals surface area (Å²) in [6, 6.07) is 8.54. The van der Waals surface area contributed by atoms with Gasteiger partial charge in [0.2, 0.25) is 0 Å². The lowest BCUT2D eigenvalue weighted by atomic mass is 10.2. The van der Waals surface area contributed by atoms with E-state index in [1.807, 2.05) is 6.07 Å². The molecule has 5 nitrogen and oxygen atoms in total. The number of hydrogen-bond acceptors (Lipinski definition) is 4. The van der Waals surface area contributed by atoms with Gasteiger partial charge in [-0.05, 0) is 24.3 Å². The maximum Gasteiger partial charge on any atom is 0.131 e. The minimum absolute atomic E-state index is 0.187. The van der Waals surface area contributed by atoms with Gasteiger partial charge in [-0.15, -0.1) is 0 Å². The van der Waals surface area contributed by atoms with Crippen molar-refractivity contribution >= 4 is 5.82 Å². The van der Waals surface area contributed by atoms with E-state index in [-0.39, 0.29) is 12.2 Å². The molecule has 0 aliphatic heterocycles. The van der Waals surface area contributed by atoms with Crippen LogP contribution in [-0.2, 0) is 6.42 Å². The Morgan fingerprint density at radius 1 is 1.38 bits per heavy atom. The Labute approximate surface area is 92.4 Å². The molecule has 3 N–H and O–H groups in total. The molecule has 0 atom stereocenters. The Bertz CT molecular complexity index is 536. The first-order valence-electron chi connectivity index (χ1n) is 4.71. The third-order valence-corrected chi connectivity index (χ3v) is 2.25. The fourth-order valence-electron chi connectivity index (χ4n) is 1.41. The summed E-state index contributed by atoms with van der Waals surface area (Å²) < 4.78 is 1.53. The molecule has 0 spiro atoms. The van der Waals surface area contributed by atoms with Crippen LogP contribution < -0.4 is 5.73 Å². The summed E-state index contributed by atoms with van der Waals surface area (Å²) in [5.74, 6) is 0.638. The quantitative estimate of drug-likeness (QED) is 0.786. The fourth-order valence-corrected chi connectivity index (χ4v) is 1.41. The first kappa shape index (κ1) is 10.1. The van der Waals surface area contributed by atoms with Crippen molar-refractivity contribution in [3.8, 4) is 17.5 Å². The molecule has 2 aromatic rings. The van der Waals surface area contributed by atoms with Crippen LogP contribution in [0.15, 0.2) is 30.5 Å². The van der Waals surface area contributed by atoms with Crippen molar-refractivity contribution in [2.24, 2.45) is 0 Å². The Morgan fingerprint density at radius 2 is 2.06 bits per heavy atom. The highest BCUT2D eigenvalue weighted by Crippen LogP contribution is 2.19. The number of aromatic nitrogens is 2. The van der Waals surface area contributed by atoms with E-state index in [9.17, 15) is 0 Å². The maximum absolute atomic E-state index is 9.16. The molecule has 1 aromatic heterocycles. The van der Waals surface area contributed by atoms with Gasteiger partial charge in [-0.1, -0.05) is 0 Å². The van der Waals surface area contributed by atoms with Crippen LogP contribution in [0.5, 0.6) is 5.75 Å². The smallest absolute Gasteiger partial charge is 0.131 e. The molecule has 1 aromatic carbocycles. The van der Waals surface area contributed by atoms with Gasteiger partial charge in [-0.3, -0.25) is 0 Å². The summed E-state index contributed by atoms with van der Waals surface area (Å²) >= 11 is 0. The largest absolute Gasteiger partial charge is 0.508 e. The molecule has 2 rings (SSSR count). The van der Waals surface area contributed by atoms with E-state index in [4.69, 9.17) is 16.1 Å². The lowest BCUT2D eigenvalue weighted by Gasteiger charge is -2.04. The second kappa shape index (κ2) is 3.95. The maximum atomic E-state index is 9.16. The minimum atomic E-state index is 0.187. The van der Waals surface area contributed by atoms with E-state index in [0.29, 0.717) is 11.4 Å². The van der Waals surface area contributed by atoms with Gasteiger partial charge < -0.3 is 10.8 Å². The minimum Gasteiger partial charge on any atom is -0.508 e. The monoisotopic (exact) mass is 214 g/mol. The van der Waals surface area contributed by atoms with Crippen molar-refractivity contribution in [3.63, 3.8) is 0 Å². The second-order valence-electron chi connectivity index (χ2n) is 3.32. The summed E-state index contributed by atoms with van der Waals surface area (Å²) in [6.45, 7) is 0. The van der Waals surface area contributed by atoms with Crippen molar-refractivity contribution in [3.05, 3.63) is 36.0 Å². The van der Waals surface area contributed by atoms with E-state index in [2.05, 4.69) is 5.10 Å². The molecule has 80 valence electrons. The Morgan fingerprint density at radius 3 is 2.69 bits per heavy atom. The highest BCUT2D eigenvalue weighted by atomic mass is 16.3. The summed E-state index contributed by atoms with van der Waals surface area (Å²) in [4.78, 5) is 0. The molecule has 0 radical (unpaired) electrons. The number of hydrogen-bond donors (Lipinski definition) is 2. The number of benzene rings is 1. The molecule has 0 aliphatic rings. The number of nitrogens with zero attached hydrogens (tertiary/aromatic N) is 3. The molecule has 0 saturated heterocycles. The van der Waals surface area contributed by atoms with E-state index in [1.165, 1.54) is 4.68 Å². The van der Waals surface area contributed by atoms with Crippen LogP contribution >= 0.6 is 0 Å². The van der Waals surface area contributed by atoms with Gasteiger partial charge in [0, 0.05) is 5.56 Å². The van der Waals surface area contributed by atoms with Gasteiger partial charge in [0.25, 0.3) is 0 Å². The third kappa shape index (κ3) is 1.68. The Hall–Kier alpha value is -2.48. The Balaban J connectivity index is 2.42. The number of nitrogens with two attached hydrogens (primary N) is 1. The average Bonchev–Trinajstić information content (AvgIpc) is 2.63. The number of aromatic hydroxyl groups is 1. The van der Waals surface area contributed by atoms with Crippen LogP contribution in [0.1, 0.15) is 5.56 Å². The third-order valence-electron chi connectivity index (χ3n) is 2.25. The number of nitrogen functional groups attached to an aromatic ring is 1. The van der Waals surface area contributed by atoms with Crippen molar-refractivity contribution in [2.75, 3.05) is 5.73 Å². The molecule has 0 unspecified atom stereocenters. The normalized spacial score (nSPS) is 9.94. The summed E-state index contributed by atoms with van der Waals surface area (Å²) in [5, 5.41) is 21.8. The van der Waals surface area contributed by atoms with E-state index < -0.39 is 0 Å². The average molecular weight is 214 g/mol. The lowest BCUT2D eigenvalue weighted by molar-refractivity contribution is 0.475. The van der Waals surface area contributed by atoms with Crippen LogP contribution in [0.3, 0.4) is 0 Å². The molecular formula is C11H10N4O. The zero-order chi connectivity index (χ0) is 11.5. The van der Waals surface area contributed by atoms with Crippen LogP contribution in [-0.4, -0.2) is 14.9 Å². The van der Waals surface area contributed by atoms with Gasteiger partial charge in [0.15, 0.2) is 0 Å². The Kier molecular flexibility index (Phi) is 2.48. The molecular weight excluding hydrogens is 204 g/mol. The van der Waals surface area contributed by atoms with Crippen LogP contribution in [0.25, 0.3) is 5.69 Å². The topological polar surface area (TPSA) is 87.9 Å². The van der Waals surface area contributed by atoms with E-state index in [1.54, 1.807) is 30.5 Å². The summed E-state index contributed by atoms with van der Waals surface area (Å²) in [7, 11) is 0. The highest BCUT2D eigenvalue weighted by molar-refractivity contribution is 5.48. The second-order valence-corrected chi connectivity index (χ2v) is 3.32. The van der Waals surface area contributed by atoms with Crippen molar-refractivity contribution in [2.45, 2.75) is 6.42 Å². The molecule has 0 fully saturated rings. The first-order valence-corrected chi connectivity index (χ1v) is 4.71. The molecule has 1 heterocycles. The number of rotatable bonds is 2. The lowest BCUT2D eigenvalue weighted by Crippen LogP contribution is -2.02. The number of phenolic OH excluding ortho intramolecular Hbond substituents is 1. The zero-order valence-corrected chi connectivity index (χ0v) is 8.46. The first-order chi connectivity index (χ1) is 7.72. The van der Waals surface area contributed by atoms with E-state index >= 15 is 0 Å². The standard InChI is InChI=1S/C11H10N4O/c12-6-5-8-7-14-15(11(8)13)9-1-3-10(16)4-2-9/h1-4,7,16H,5,13H2. The number of phenols is 1.